The molecule has 2 rings (SSSR count). The molecule has 0 aromatic heterocycles. The van der Waals surface area contributed by atoms with E-state index in [-0.39, 0.29) is 5.91 Å². The van der Waals surface area contributed by atoms with E-state index in [9.17, 15) is 13.2 Å². The van der Waals surface area contributed by atoms with Gasteiger partial charge in [0.2, 0.25) is 10.0 Å². The van der Waals surface area contributed by atoms with Crippen LogP contribution in [0.1, 0.15) is 23.2 Å². The Kier molecular flexibility index (Phi) is 5.42. The molecule has 1 unspecified atom stereocenters. The smallest absolute Gasteiger partial charge is 0.255 e. The molecule has 1 fully saturated rings. The first kappa shape index (κ1) is 16.8. The van der Waals surface area contributed by atoms with Gasteiger partial charge in [0, 0.05) is 13.1 Å². The molecule has 0 radical (unpaired) electrons. The predicted molar refractivity (Wildman–Crippen MR) is 87.5 cm³/mol. The first-order valence-corrected chi connectivity index (χ1v) is 9.30. The van der Waals surface area contributed by atoms with E-state index in [0.29, 0.717) is 30.3 Å². The molecule has 1 aliphatic rings. The van der Waals surface area contributed by atoms with E-state index >= 15 is 0 Å². The van der Waals surface area contributed by atoms with Crippen LogP contribution in [-0.2, 0) is 10.0 Å². The lowest BCUT2D eigenvalue weighted by molar-refractivity contribution is 0.0675. The number of para-hydroxylation sites is 1. The van der Waals surface area contributed by atoms with Gasteiger partial charge in [-0.15, -0.1) is 0 Å². The van der Waals surface area contributed by atoms with Crippen LogP contribution in [0.2, 0.25) is 0 Å². The zero-order valence-electron chi connectivity index (χ0n) is 13.0. The maximum absolute atomic E-state index is 12.7. The molecule has 0 bridgehead atoms. The first-order valence-electron chi connectivity index (χ1n) is 7.41. The summed E-state index contributed by atoms with van der Waals surface area (Å²) in [6.45, 7) is 2.30. The Hall–Kier alpha value is -1.60. The first-order chi connectivity index (χ1) is 10.4. The van der Waals surface area contributed by atoms with Crippen molar-refractivity contribution in [2.45, 2.75) is 12.8 Å². The zero-order valence-corrected chi connectivity index (χ0v) is 13.8. The molecule has 0 aliphatic carbocycles. The third-order valence-electron chi connectivity index (χ3n) is 3.75. The number of carbonyl (C=O) groups is 1. The quantitative estimate of drug-likeness (QED) is 0.851. The minimum Gasteiger partial charge on any atom is -0.338 e. The second-order valence-electron chi connectivity index (χ2n) is 5.74. The summed E-state index contributed by atoms with van der Waals surface area (Å²) < 4.78 is 25.3. The van der Waals surface area contributed by atoms with Crippen LogP contribution in [0.15, 0.2) is 24.3 Å². The van der Waals surface area contributed by atoms with E-state index in [1.165, 1.54) is 0 Å². The lowest BCUT2D eigenvalue weighted by Gasteiger charge is -2.33. The fourth-order valence-electron chi connectivity index (χ4n) is 2.83. The summed E-state index contributed by atoms with van der Waals surface area (Å²) >= 11 is 0. The summed E-state index contributed by atoms with van der Waals surface area (Å²) in [6.07, 6.45) is 3.16. The molecule has 22 heavy (non-hydrogen) atoms. The molecule has 122 valence electrons. The number of sulfonamides is 1. The normalized spacial score (nSPS) is 19.0. The number of benzene rings is 1. The number of likely N-dealkylation sites (tertiary alicyclic amines) is 1. The summed E-state index contributed by atoms with van der Waals surface area (Å²) in [4.78, 5) is 14.5. The van der Waals surface area contributed by atoms with Gasteiger partial charge in [0.1, 0.15) is 0 Å². The van der Waals surface area contributed by atoms with Gasteiger partial charge in [-0.25, -0.2) is 8.42 Å². The third kappa shape index (κ3) is 4.45. The summed E-state index contributed by atoms with van der Waals surface area (Å²) in [6, 6.07) is 6.74. The molecule has 0 saturated carbocycles. The molecule has 1 amide bonds. The monoisotopic (exact) mass is 325 g/mol. The SMILES string of the molecule is CNCC1CCCN(C(=O)c2ccccc2NS(C)(=O)=O)C1. The Labute approximate surface area is 131 Å². The highest BCUT2D eigenvalue weighted by Gasteiger charge is 2.25. The van der Waals surface area contributed by atoms with Gasteiger partial charge in [0.15, 0.2) is 0 Å². The molecule has 0 spiro atoms. The molecule has 1 atom stereocenters. The lowest BCUT2D eigenvalue weighted by Crippen LogP contribution is -2.42. The highest BCUT2D eigenvalue weighted by atomic mass is 32.2. The van der Waals surface area contributed by atoms with Crippen molar-refractivity contribution in [3.05, 3.63) is 29.8 Å². The largest absolute Gasteiger partial charge is 0.338 e. The Morgan fingerprint density at radius 3 is 2.77 bits per heavy atom. The minimum atomic E-state index is -3.41. The number of amides is 1. The summed E-state index contributed by atoms with van der Waals surface area (Å²) in [5.74, 6) is 0.324. The number of anilines is 1. The fraction of sp³-hybridized carbons (Fsp3) is 0.533. The summed E-state index contributed by atoms with van der Waals surface area (Å²) in [5, 5.41) is 3.15. The van der Waals surface area contributed by atoms with Gasteiger partial charge in [0.25, 0.3) is 5.91 Å². The number of nitrogens with one attached hydrogen (secondary N) is 2. The number of hydrogen-bond donors (Lipinski definition) is 2. The number of hydrogen-bond acceptors (Lipinski definition) is 4. The van der Waals surface area contributed by atoms with Crippen molar-refractivity contribution < 1.29 is 13.2 Å². The summed E-state index contributed by atoms with van der Waals surface area (Å²) in [5.41, 5.74) is 0.740. The van der Waals surface area contributed by atoms with Crippen molar-refractivity contribution in [1.82, 2.24) is 10.2 Å². The second-order valence-corrected chi connectivity index (χ2v) is 7.49. The molecule has 1 saturated heterocycles. The van der Waals surface area contributed by atoms with Crippen LogP contribution in [-0.4, -0.2) is 52.2 Å². The Balaban J connectivity index is 2.18. The molecular weight excluding hydrogens is 302 g/mol. The van der Waals surface area contributed by atoms with E-state index < -0.39 is 10.0 Å². The van der Waals surface area contributed by atoms with E-state index in [1.807, 2.05) is 11.9 Å². The van der Waals surface area contributed by atoms with Gasteiger partial charge in [-0.05, 0) is 44.5 Å². The molecular formula is C15H23N3O3S. The maximum Gasteiger partial charge on any atom is 0.255 e. The van der Waals surface area contributed by atoms with Crippen LogP contribution in [0.5, 0.6) is 0 Å². The van der Waals surface area contributed by atoms with Crippen molar-refractivity contribution in [2.75, 3.05) is 37.7 Å². The second kappa shape index (κ2) is 7.11. The van der Waals surface area contributed by atoms with E-state index in [2.05, 4.69) is 10.0 Å². The van der Waals surface area contributed by atoms with Gasteiger partial charge < -0.3 is 10.2 Å². The van der Waals surface area contributed by atoms with Crippen molar-refractivity contribution in [3.63, 3.8) is 0 Å². The predicted octanol–water partition coefficient (Wildman–Crippen LogP) is 1.13. The van der Waals surface area contributed by atoms with Crippen LogP contribution in [0.25, 0.3) is 0 Å². The van der Waals surface area contributed by atoms with Crippen molar-refractivity contribution in [2.24, 2.45) is 5.92 Å². The highest BCUT2D eigenvalue weighted by molar-refractivity contribution is 7.92. The Morgan fingerprint density at radius 1 is 1.36 bits per heavy atom. The highest BCUT2D eigenvalue weighted by Crippen LogP contribution is 2.22. The zero-order chi connectivity index (χ0) is 16.2. The Morgan fingerprint density at radius 2 is 2.09 bits per heavy atom. The standard InChI is InChI=1S/C15H23N3O3S/c1-16-10-12-6-5-9-18(11-12)15(19)13-7-3-4-8-14(13)17-22(2,20)21/h3-4,7-8,12,16-17H,5-6,9-11H2,1-2H3. The molecule has 6 nitrogen and oxygen atoms in total. The molecule has 1 aromatic carbocycles. The Bertz CT molecular complexity index is 629. The van der Waals surface area contributed by atoms with Crippen LogP contribution >= 0.6 is 0 Å². The molecule has 2 N–H and O–H groups in total. The van der Waals surface area contributed by atoms with Gasteiger partial charge in [-0.1, -0.05) is 12.1 Å². The van der Waals surface area contributed by atoms with Gasteiger partial charge in [-0.3, -0.25) is 9.52 Å². The van der Waals surface area contributed by atoms with Gasteiger partial charge >= 0.3 is 0 Å². The number of piperidine rings is 1. The number of rotatable bonds is 5. The van der Waals surface area contributed by atoms with E-state index in [1.54, 1.807) is 24.3 Å². The van der Waals surface area contributed by atoms with E-state index in [4.69, 9.17) is 0 Å². The minimum absolute atomic E-state index is 0.118. The van der Waals surface area contributed by atoms with Crippen molar-refractivity contribution in [1.29, 1.82) is 0 Å². The van der Waals surface area contributed by atoms with E-state index in [0.717, 1.165) is 25.6 Å². The third-order valence-corrected chi connectivity index (χ3v) is 4.34. The van der Waals surface area contributed by atoms with Crippen LogP contribution in [0.3, 0.4) is 0 Å². The summed E-state index contributed by atoms with van der Waals surface area (Å²) in [7, 11) is -1.51. The number of carbonyl (C=O) groups excluding carboxylic acids is 1. The van der Waals surface area contributed by atoms with Gasteiger partial charge in [0.05, 0.1) is 17.5 Å². The molecule has 1 aromatic rings. The molecule has 7 heteroatoms. The van der Waals surface area contributed by atoms with Crippen LogP contribution in [0, 0.1) is 5.92 Å². The van der Waals surface area contributed by atoms with Crippen LogP contribution in [0.4, 0.5) is 5.69 Å². The maximum atomic E-state index is 12.7. The fourth-order valence-corrected chi connectivity index (χ4v) is 3.41. The average Bonchev–Trinajstić information content (AvgIpc) is 2.46. The van der Waals surface area contributed by atoms with Crippen molar-refractivity contribution >= 4 is 21.6 Å². The molecule has 1 heterocycles. The number of nitrogens with zero attached hydrogens (tertiary/aromatic N) is 1. The van der Waals surface area contributed by atoms with Gasteiger partial charge in [-0.2, -0.15) is 0 Å². The molecule has 1 aliphatic heterocycles. The average molecular weight is 325 g/mol. The topological polar surface area (TPSA) is 78.5 Å². The van der Waals surface area contributed by atoms with Crippen molar-refractivity contribution in [3.8, 4) is 0 Å². The van der Waals surface area contributed by atoms with Crippen LogP contribution < -0.4 is 10.0 Å². The lowest BCUT2D eigenvalue weighted by atomic mass is 9.97.